The Morgan fingerprint density at radius 2 is 1.38 bits per heavy atom. The number of carboxylic acid groups (broad SMARTS) is 1. The molecule has 0 bridgehead atoms. The number of aliphatic hydroxyl groups is 9. The number of aromatic hydroxyl groups is 2. The molecule has 0 saturated carbocycles. The van der Waals surface area contributed by atoms with E-state index in [0.717, 1.165) is 12.1 Å². The molecule has 4 heterocycles. The topological polar surface area (TPSA) is 381 Å². The van der Waals surface area contributed by atoms with E-state index >= 15 is 0 Å². The fourth-order valence-corrected chi connectivity index (χ4v) is 6.66. The summed E-state index contributed by atoms with van der Waals surface area (Å²) in [7, 11) is 0. The third-order valence-electron chi connectivity index (χ3n) is 10.00. The molecule has 24 nitrogen and oxygen atoms in total. The Balaban J connectivity index is 1.32. The van der Waals surface area contributed by atoms with Gasteiger partial charge in [-0.05, 0) is 31.2 Å². The molecule has 336 valence electrons. The summed E-state index contributed by atoms with van der Waals surface area (Å²) in [5.74, 6) is -5.07. The van der Waals surface area contributed by atoms with Gasteiger partial charge < -0.3 is 104 Å². The number of aliphatic carboxylic acids is 1. The average molecular weight is 873 g/mol. The Morgan fingerprint density at radius 3 is 2.05 bits per heavy atom. The third kappa shape index (κ3) is 9.82. The van der Waals surface area contributed by atoms with Gasteiger partial charge in [0, 0.05) is 17.7 Å². The molecular weight excluding hydrogens is 828 g/mol. The maximum absolute atomic E-state index is 14.3. The predicted molar refractivity (Wildman–Crippen MR) is 193 cm³/mol. The highest BCUT2D eigenvalue weighted by molar-refractivity contribution is 5.90. The lowest BCUT2D eigenvalue weighted by atomic mass is 9.97. The normalized spacial score (nSPS) is 34.2. The van der Waals surface area contributed by atoms with E-state index in [1.807, 2.05) is 0 Å². The van der Waals surface area contributed by atoms with E-state index < -0.39 is 164 Å². The largest absolute Gasteiger partial charge is 0.508 e. The molecule has 0 radical (unpaired) electrons. The van der Waals surface area contributed by atoms with Gasteiger partial charge in [-0.2, -0.15) is 0 Å². The van der Waals surface area contributed by atoms with Crippen LogP contribution in [0.5, 0.6) is 23.0 Å². The number of phenols is 2. The number of benzene rings is 2. The summed E-state index contributed by atoms with van der Waals surface area (Å²) < 4.78 is 49.9. The van der Waals surface area contributed by atoms with Crippen LogP contribution >= 0.6 is 0 Å². The van der Waals surface area contributed by atoms with Crippen LogP contribution in [0.4, 0.5) is 0 Å². The number of esters is 1. The van der Waals surface area contributed by atoms with Crippen molar-refractivity contribution < 1.29 is 113 Å². The molecule has 15 atom stereocenters. The van der Waals surface area contributed by atoms with E-state index in [1.165, 1.54) is 31.2 Å². The molecule has 61 heavy (non-hydrogen) atoms. The van der Waals surface area contributed by atoms with Gasteiger partial charge in [-0.3, -0.25) is 14.4 Å². The Morgan fingerprint density at radius 1 is 0.738 bits per heavy atom. The van der Waals surface area contributed by atoms with Crippen LogP contribution in [0.1, 0.15) is 13.3 Å². The molecule has 1 aromatic heterocycles. The number of carboxylic acids is 1. The van der Waals surface area contributed by atoms with Gasteiger partial charge in [-0.1, -0.05) is 0 Å². The Labute approximate surface area is 342 Å². The molecule has 12 N–H and O–H groups in total. The van der Waals surface area contributed by atoms with E-state index in [9.17, 15) is 70.6 Å². The van der Waals surface area contributed by atoms with Crippen molar-refractivity contribution in [2.75, 3.05) is 20.0 Å². The number of ether oxygens (including phenoxy) is 8. The molecular formula is C37H44O24. The van der Waals surface area contributed by atoms with Gasteiger partial charge in [0.05, 0.1) is 19.3 Å². The van der Waals surface area contributed by atoms with Crippen LogP contribution in [0, 0.1) is 0 Å². The number of hydrogen-bond acceptors (Lipinski definition) is 23. The van der Waals surface area contributed by atoms with Crippen LogP contribution in [0.2, 0.25) is 0 Å². The molecule has 3 saturated heterocycles. The fourth-order valence-electron chi connectivity index (χ4n) is 6.66. The summed E-state index contributed by atoms with van der Waals surface area (Å²) in [6.07, 6.45) is -27.1. The molecule has 3 aliphatic rings. The van der Waals surface area contributed by atoms with E-state index in [4.69, 9.17) is 42.7 Å². The van der Waals surface area contributed by atoms with Gasteiger partial charge in [0.1, 0.15) is 95.7 Å². The van der Waals surface area contributed by atoms with Crippen molar-refractivity contribution in [1.29, 1.82) is 0 Å². The Kier molecular flexibility index (Phi) is 14.3. The number of rotatable bonds is 14. The summed E-state index contributed by atoms with van der Waals surface area (Å²) in [5, 5.41) is 124. The number of fused-ring (bicyclic) bond motifs is 1. The lowest BCUT2D eigenvalue weighted by Crippen LogP contribution is -2.64. The Hall–Kier alpha value is -4.77. The molecule has 2 aromatic carbocycles. The first-order valence-electron chi connectivity index (χ1n) is 18.5. The number of phenolic OH excluding ortho intramolecular Hbond substituents is 2. The quantitative estimate of drug-likeness (QED) is 0.0319. The monoisotopic (exact) mass is 872 g/mol. The van der Waals surface area contributed by atoms with Gasteiger partial charge in [-0.15, -0.1) is 0 Å². The van der Waals surface area contributed by atoms with Crippen molar-refractivity contribution >= 4 is 22.9 Å². The zero-order valence-corrected chi connectivity index (χ0v) is 31.7. The molecule has 3 aliphatic heterocycles. The van der Waals surface area contributed by atoms with Crippen LogP contribution in [-0.4, -0.2) is 185 Å². The first-order chi connectivity index (χ1) is 28.9. The minimum atomic E-state index is -1.98. The molecule has 6 unspecified atom stereocenters. The first kappa shape index (κ1) is 45.7. The minimum Gasteiger partial charge on any atom is -0.508 e. The van der Waals surface area contributed by atoms with Gasteiger partial charge in [0.25, 0.3) is 0 Å². The van der Waals surface area contributed by atoms with Crippen molar-refractivity contribution in [1.82, 2.24) is 0 Å². The van der Waals surface area contributed by atoms with Crippen LogP contribution in [0.3, 0.4) is 0 Å². The smallest absolute Gasteiger partial charge is 0.319 e. The predicted octanol–water partition coefficient (Wildman–Crippen LogP) is -3.92. The zero-order chi connectivity index (χ0) is 44.4. The van der Waals surface area contributed by atoms with E-state index in [2.05, 4.69) is 4.74 Å². The van der Waals surface area contributed by atoms with Crippen molar-refractivity contribution in [2.24, 2.45) is 0 Å². The van der Waals surface area contributed by atoms with Gasteiger partial charge >= 0.3 is 11.9 Å². The van der Waals surface area contributed by atoms with Crippen molar-refractivity contribution in [3.63, 3.8) is 0 Å². The maximum atomic E-state index is 14.3. The molecule has 24 heteroatoms. The minimum absolute atomic E-state index is 0.0572. The van der Waals surface area contributed by atoms with Gasteiger partial charge in [-0.25, -0.2) is 0 Å². The lowest BCUT2D eigenvalue weighted by Gasteiger charge is -2.45. The summed E-state index contributed by atoms with van der Waals surface area (Å²) in [4.78, 5) is 36.4. The van der Waals surface area contributed by atoms with E-state index in [1.54, 1.807) is 0 Å². The zero-order valence-electron chi connectivity index (χ0n) is 31.7. The second-order valence-electron chi connectivity index (χ2n) is 14.3. The van der Waals surface area contributed by atoms with Gasteiger partial charge in [0.15, 0.2) is 24.9 Å². The van der Waals surface area contributed by atoms with Crippen LogP contribution in [0.15, 0.2) is 45.6 Å². The highest BCUT2D eigenvalue weighted by Crippen LogP contribution is 2.39. The molecule has 0 amide bonds. The first-order valence-corrected chi connectivity index (χ1v) is 18.5. The van der Waals surface area contributed by atoms with Crippen molar-refractivity contribution in [3.8, 4) is 34.3 Å². The molecule has 6 rings (SSSR count). The summed E-state index contributed by atoms with van der Waals surface area (Å²) in [6.45, 7) is -0.855. The van der Waals surface area contributed by atoms with Crippen LogP contribution in [0.25, 0.3) is 22.3 Å². The summed E-state index contributed by atoms with van der Waals surface area (Å²) >= 11 is 0. The van der Waals surface area contributed by atoms with Crippen molar-refractivity contribution in [2.45, 2.75) is 105 Å². The number of carbonyl (C=O) groups is 2. The van der Waals surface area contributed by atoms with Crippen molar-refractivity contribution in [3.05, 3.63) is 46.6 Å². The SMILES string of the molecule is CC1O[C@@H](OC2[C@H](Oc3c(-c4ccc(O)cc4)oc4cc(O[C@@H]5OC(COCOC(=O)CC(=O)O)[C@@H](O)[C@H](O)C5O)cc(O)c4c3=O)OC(CO)[C@@H](O)[C@@H]2O)[C@@H](O)C(O)[C@H]1O. The highest BCUT2D eigenvalue weighted by Gasteiger charge is 2.51. The second-order valence-corrected chi connectivity index (χ2v) is 14.3. The Bertz CT molecular complexity index is 2060. The molecule has 0 spiro atoms. The molecule has 3 aromatic rings. The highest BCUT2D eigenvalue weighted by atomic mass is 16.8. The second kappa shape index (κ2) is 19.1. The van der Waals surface area contributed by atoms with Gasteiger partial charge in [0.2, 0.25) is 23.8 Å². The third-order valence-corrected chi connectivity index (χ3v) is 10.00. The maximum Gasteiger partial charge on any atom is 0.319 e. The standard InChI is InChI=1S/C37H44O24/c1-12-23(44)27(48)30(51)35(55-12)61-34-29(50)24(45)18(9-38)58-37(34)60-33-26(47)22-16(40)6-15(7-17(22)57-32(33)13-2-4-14(39)5-3-13)56-36-31(52)28(49)25(46)19(59-36)10-53-11-54-21(43)8-20(41)42/h2-7,12,18-19,23-25,27-31,34-40,44-46,48-52H,8-11H2,1H3,(H,41,42)/t12?,18?,19?,23-,24+,25+,27?,28-,29-,30-,31?,34?,35-,36+,37-/m0/s1. The summed E-state index contributed by atoms with van der Waals surface area (Å²) in [6, 6.07) is 6.99. The number of hydrogen-bond donors (Lipinski definition) is 12. The number of carbonyl (C=O) groups excluding carboxylic acids is 1. The van der Waals surface area contributed by atoms with Crippen LogP contribution < -0.4 is 14.9 Å². The molecule has 3 fully saturated rings. The van der Waals surface area contributed by atoms with E-state index in [0.29, 0.717) is 0 Å². The summed E-state index contributed by atoms with van der Waals surface area (Å²) in [5.41, 5.74) is -1.45. The molecule has 0 aliphatic carbocycles. The lowest BCUT2D eigenvalue weighted by molar-refractivity contribution is -0.354. The fraction of sp³-hybridized carbons (Fsp3) is 0.541. The number of aliphatic hydroxyl groups excluding tert-OH is 9. The average Bonchev–Trinajstić information content (AvgIpc) is 3.21. The van der Waals surface area contributed by atoms with E-state index in [-0.39, 0.29) is 17.1 Å². The van der Waals surface area contributed by atoms with Crippen LogP contribution in [-0.2, 0) is 38.0 Å².